The smallest absolute Gasteiger partial charge is 0.353 e. The number of carboxylic acid groups (broad SMARTS) is 1. The Balaban J connectivity index is 2.13. The highest BCUT2D eigenvalue weighted by atomic mass is 32.1. The summed E-state index contributed by atoms with van der Waals surface area (Å²) in [6, 6.07) is 3.28. The molecule has 0 spiro atoms. The SMILES string of the molecule is CCc1cn(Cc2ccc(F)cc2F)c(C(=O)O)c1-c1nccs1. The van der Waals surface area contributed by atoms with Gasteiger partial charge in [0.2, 0.25) is 0 Å². The van der Waals surface area contributed by atoms with Crippen LogP contribution in [-0.4, -0.2) is 20.6 Å². The molecule has 0 bridgehead atoms. The second-order valence-electron chi connectivity index (χ2n) is 5.24. The standard InChI is InChI=1S/C17H14F2N2O2S/c1-2-10-8-21(9-11-3-4-12(18)7-13(11)19)15(17(22)23)14(10)16-20-5-6-24-16/h3-8H,2,9H2,1H3,(H,22,23). The zero-order valence-corrected chi connectivity index (χ0v) is 13.6. The molecule has 0 saturated heterocycles. The van der Waals surface area contributed by atoms with Crippen LogP contribution >= 0.6 is 11.3 Å². The molecule has 2 aromatic heterocycles. The van der Waals surface area contributed by atoms with Crippen LogP contribution in [0.2, 0.25) is 0 Å². The topological polar surface area (TPSA) is 55.1 Å². The molecule has 0 aliphatic heterocycles. The Morgan fingerprint density at radius 3 is 2.71 bits per heavy atom. The third-order valence-electron chi connectivity index (χ3n) is 3.74. The minimum absolute atomic E-state index is 0.00607. The molecule has 0 aliphatic carbocycles. The van der Waals surface area contributed by atoms with Gasteiger partial charge in [0.1, 0.15) is 22.3 Å². The number of benzene rings is 1. The van der Waals surface area contributed by atoms with Crippen molar-refractivity contribution in [1.82, 2.24) is 9.55 Å². The number of carbonyl (C=O) groups is 1. The van der Waals surface area contributed by atoms with E-state index < -0.39 is 17.6 Å². The van der Waals surface area contributed by atoms with Gasteiger partial charge in [-0.05, 0) is 18.1 Å². The van der Waals surface area contributed by atoms with E-state index in [2.05, 4.69) is 4.98 Å². The highest BCUT2D eigenvalue weighted by molar-refractivity contribution is 7.13. The Hall–Kier alpha value is -2.54. The number of aromatic carboxylic acids is 1. The molecule has 0 atom stereocenters. The summed E-state index contributed by atoms with van der Waals surface area (Å²) in [6.45, 7) is 1.92. The molecule has 0 amide bonds. The van der Waals surface area contributed by atoms with Crippen molar-refractivity contribution in [2.24, 2.45) is 0 Å². The molecule has 7 heteroatoms. The molecule has 124 valence electrons. The average molecular weight is 348 g/mol. The zero-order chi connectivity index (χ0) is 17.3. The van der Waals surface area contributed by atoms with Gasteiger partial charge in [-0.2, -0.15) is 0 Å². The number of hydrogen-bond donors (Lipinski definition) is 1. The van der Waals surface area contributed by atoms with Gasteiger partial charge in [-0.15, -0.1) is 11.3 Å². The lowest BCUT2D eigenvalue weighted by atomic mass is 10.1. The normalized spacial score (nSPS) is 11.0. The highest BCUT2D eigenvalue weighted by Crippen LogP contribution is 2.32. The molecule has 3 aromatic rings. The van der Waals surface area contributed by atoms with Crippen LogP contribution in [-0.2, 0) is 13.0 Å². The van der Waals surface area contributed by atoms with Gasteiger partial charge in [0, 0.05) is 35.0 Å². The maximum Gasteiger partial charge on any atom is 0.353 e. The summed E-state index contributed by atoms with van der Waals surface area (Å²) in [7, 11) is 0. The van der Waals surface area contributed by atoms with Gasteiger partial charge in [0.25, 0.3) is 0 Å². The summed E-state index contributed by atoms with van der Waals surface area (Å²) in [5.74, 6) is -2.48. The van der Waals surface area contributed by atoms with E-state index in [-0.39, 0.29) is 17.8 Å². The van der Waals surface area contributed by atoms with Crippen molar-refractivity contribution in [1.29, 1.82) is 0 Å². The van der Waals surface area contributed by atoms with Crippen molar-refractivity contribution in [3.05, 3.63) is 64.4 Å². The maximum atomic E-state index is 13.9. The van der Waals surface area contributed by atoms with Gasteiger partial charge in [-0.3, -0.25) is 0 Å². The number of thiazole rings is 1. The second-order valence-corrected chi connectivity index (χ2v) is 6.13. The Kier molecular flexibility index (Phi) is 4.44. The van der Waals surface area contributed by atoms with E-state index in [1.54, 1.807) is 17.8 Å². The van der Waals surface area contributed by atoms with E-state index in [1.165, 1.54) is 22.0 Å². The zero-order valence-electron chi connectivity index (χ0n) is 12.8. The minimum atomic E-state index is -1.11. The molecule has 0 fully saturated rings. The van der Waals surface area contributed by atoms with Crippen molar-refractivity contribution in [3.8, 4) is 10.6 Å². The van der Waals surface area contributed by atoms with Gasteiger partial charge in [0.15, 0.2) is 0 Å². The van der Waals surface area contributed by atoms with E-state index in [0.29, 0.717) is 17.0 Å². The molecule has 0 unspecified atom stereocenters. The first-order valence-electron chi connectivity index (χ1n) is 7.30. The summed E-state index contributed by atoms with van der Waals surface area (Å²) < 4.78 is 28.5. The van der Waals surface area contributed by atoms with Gasteiger partial charge in [-0.25, -0.2) is 18.6 Å². The fourth-order valence-corrected chi connectivity index (χ4v) is 3.37. The number of rotatable bonds is 5. The van der Waals surface area contributed by atoms with E-state index in [0.717, 1.165) is 17.7 Å². The molecule has 0 radical (unpaired) electrons. The van der Waals surface area contributed by atoms with Crippen LogP contribution in [0, 0.1) is 11.6 Å². The van der Waals surface area contributed by atoms with Gasteiger partial charge in [-0.1, -0.05) is 13.0 Å². The second kappa shape index (κ2) is 6.52. The Labute approximate surface area is 141 Å². The summed E-state index contributed by atoms with van der Waals surface area (Å²) in [4.78, 5) is 16.0. The Morgan fingerprint density at radius 2 is 2.12 bits per heavy atom. The summed E-state index contributed by atoms with van der Waals surface area (Å²) >= 11 is 1.35. The van der Waals surface area contributed by atoms with Gasteiger partial charge < -0.3 is 9.67 Å². The van der Waals surface area contributed by atoms with Crippen LogP contribution in [0.15, 0.2) is 36.0 Å². The van der Waals surface area contributed by atoms with Crippen LogP contribution in [0.4, 0.5) is 8.78 Å². The van der Waals surface area contributed by atoms with Crippen LogP contribution < -0.4 is 0 Å². The van der Waals surface area contributed by atoms with E-state index in [4.69, 9.17) is 0 Å². The average Bonchev–Trinajstić information content (AvgIpc) is 3.16. The first-order valence-corrected chi connectivity index (χ1v) is 8.18. The number of halogens is 2. The first-order chi connectivity index (χ1) is 11.5. The van der Waals surface area contributed by atoms with Crippen molar-refractivity contribution < 1.29 is 18.7 Å². The van der Waals surface area contributed by atoms with Crippen molar-refractivity contribution in [3.63, 3.8) is 0 Å². The quantitative estimate of drug-likeness (QED) is 0.752. The Morgan fingerprint density at radius 1 is 1.33 bits per heavy atom. The predicted molar refractivity (Wildman–Crippen MR) is 87.3 cm³/mol. The summed E-state index contributed by atoms with van der Waals surface area (Å²) in [5.41, 5.74) is 1.67. The molecule has 1 aromatic carbocycles. The third-order valence-corrected chi connectivity index (χ3v) is 4.53. The van der Waals surface area contributed by atoms with E-state index in [1.807, 2.05) is 6.92 Å². The number of carboxylic acids is 1. The summed E-state index contributed by atoms with van der Waals surface area (Å²) in [6.07, 6.45) is 3.93. The largest absolute Gasteiger partial charge is 0.477 e. The first kappa shape index (κ1) is 16.3. The van der Waals surface area contributed by atoms with Crippen LogP contribution in [0.5, 0.6) is 0 Å². The lowest BCUT2D eigenvalue weighted by molar-refractivity contribution is 0.0686. The summed E-state index contributed by atoms with van der Waals surface area (Å²) in [5, 5.41) is 12.0. The predicted octanol–water partition coefficient (Wildman–Crippen LogP) is 4.20. The lowest BCUT2D eigenvalue weighted by Gasteiger charge is -2.08. The minimum Gasteiger partial charge on any atom is -0.477 e. The number of aromatic nitrogens is 2. The molecular weight excluding hydrogens is 334 g/mol. The molecular formula is C17H14F2N2O2S. The lowest BCUT2D eigenvalue weighted by Crippen LogP contribution is -2.11. The van der Waals surface area contributed by atoms with E-state index >= 15 is 0 Å². The van der Waals surface area contributed by atoms with Gasteiger partial charge >= 0.3 is 5.97 Å². The molecule has 0 saturated carbocycles. The van der Waals surface area contributed by atoms with Crippen molar-refractivity contribution in [2.45, 2.75) is 19.9 Å². The number of aryl methyl sites for hydroxylation is 1. The molecule has 3 rings (SSSR count). The molecule has 4 nitrogen and oxygen atoms in total. The highest BCUT2D eigenvalue weighted by Gasteiger charge is 2.24. The Bertz CT molecular complexity index is 888. The van der Waals surface area contributed by atoms with Crippen molar-refractivity contribution in [2.75, 3.05) is 0 Å². The van der Waals surface area contributed by atoms with Gasteiger partial charge in [0.05, 0.1) is 6.54 Å². The van der Waals surface area contributed by atoms with Crippen LogP contribution in [0.3, 0.4) is 0 Å². The maximum absolute atomic E-state index is 13.9. The molecule has 24 heavy (non-hydrogen) atoms. The van der Waals surface area contributed by atoms with Crippen molar-refractivity contribution >= 4 is 17.3 Å². The number of nitrogens with zero attached hydrogens (tertiary/aromatic N) is 2. The molecule has 1 N–H and O–H groups in total. The van der Waals surface area contributed by atoms with E-state index in [9.17, 15) is 18.7 Å². The fraction of sp³-hybridized carbons (Fsp3) is 0.176. The monoisotopic (exact) mass is 348 g/mol. The third kappa shape index (κ3) is 2.94. The molecule has 2 heterocycles. The molecule has 0 aliphatic rings. The van der Waals surface area contributed by atoms with Crippen LogP contribution in [0.1, 0.15) is 28.5 Å². The fourth-order valence-electron chi connectivity index (χ4n) is 2.65. The van der Waals surface area contributed by atoms with Crippen LogP contribution in [0.25, 0.3) is 10.6 Å². The number of hydrogen-bond acceptors (Lipinski definition) is 3.